The van der Waals surface area contributed by atoms with E-state index in [9.17, 15) is 0 Å². The van der Waals surface area contributed by atoms with Gasteiger partial charge in [-0.1, -0.05) is 33.1 Å². The third-order valence-corrected chi connectivity index (χ3v) is 3.85. The van der Waals surface area contributed by atoms with E-state index in [1.807, 2.05) is 0 Å². The van der Waals surface area contributed by atoms with Gasteiger partial charge in [0.05, 0.1) is 0 Å². The first kappa shape index (κ1) is 9.44. The Morgan fingerprint density at radius 1 is 1.18 bits per heavy atom. The first-order valence-corrected chi connectivity index (χ1v) is 5.74. The van der Waals surface area contributed by atoms with Gasteiger partial charge >= 0.3 is 0 Å². The molecular weight excluding hydrogens is 152 g/mol. The Morgan fingerprint density at radius 2 is 1.82 bits per heavy atom. The summed E-state index contributed by atoms with van der Waals surface area (Å²) >= 11 is 2.17. The number of hydrogen-bond acceptors (Lipinski definition) is 1. The summed E-state index contributed by atoms with van der Waals surface area (Å²) in [5, 5.41) is 0.985. The monoisotopic (exact) mass is 171 g/mol. The van der Waals surface area contributed by atoms with E-state index < -0.39 is 0 Å². The molecule has 0 aromatic rings. The van der Waals surface area contributed by atoms with Crippen molar-refractivity contribution in [1.82, 2.24) is 0 Å². The smallest absolute Gasteiger partial charge is 0.00472 e. The molecule has 65 valence electrons. The molecule has 1 heteroatoms. The summed E-state index contributed by atoms with van der Waals surface area (Å²) in [6, 6.07) is 0. The van der Waals surface area contributed by atoms with Crippen LogP contribution in [0.15, 0.2) is 0 Å². The first-order chi connectivity index (χ1) is 5.29. The van der Waals surface area contributed by atoms with Crippen LogP contribution in [0.3, 0.4) is 0 Å². The molecule has 0 nitrogen and oxygen atoms in total. The topological polar surface area (TPSA) is 0 Å². The minimum atomic E-state index is 0.985. The average Bonchev–Trinajstić information content (AvgIpc) is 2.03. The lowest BCUT2D eigenvalue weighted by atomic mass is 10.0. The Labute approximate surface area is 75.1 Å². The second kappa shape index (κ2) is 5.08. The number of rotatable bonds is 3. The zero-order valence-electron chi connectivity index (χ0n) is 7.73. The highest BCUT2D eigenvalue weighted by Crippen LogP contribution is 2.29. The molecule has 0 atom stereocenters. The summed E-state index contributed by atoms with van der Waals surface area (Å²) in [5.41, 5.74) is 0. The highest BCUT2D eigenvalue weighted by Gasteiger charge is 2.13. The minimum Gasteiger partial charge on any atom is -0.158 e. The maximum absolute atomic E-state index is 2.23. The normalized spacial score (nSPS) is 21.0. The summed E-state index contributed by atoms with van der Waals surface area (Å²) in [5.74, 6) is 2.85. The predicted octanol–water partition coefficient (Wildman–Crippen LogP) is 3.67. The molecule has 1 rings (SSSR count). The van der Waals surface area contributed by atoms with Gasteiger partial charge in [-0.25, -0.2) is 0 Å². The van der Waals surface area contributed by atoms with E-state index >= 15 is 0 Å². The van der Waals surface area contributed by atoms with Gasteiger partial charge < -0.3 is 0 Å². The zero-order chi connectivity index (χ0) is 8.10. The fourth-order valence-corrected chi connectivity index (χ4v) is 2.75. The van der Waals surface area contributed by atoms with E-state index in [0.717, 1.165) is 5.25 Å². The maximum Gasteiger partial charge on any atom is 0.00472 e. The van der Waals surface area contributed by atoms with Crippen LogP contribution in [0.1, 0.15) is 46.0 Å². The molecule has 0 aromatic heterocycles. The highest BCUT2D eigenvalue weighted by atomic mass is 32.2. The molecule has 0 heterocycles. The minimum absolute atomic E-state index is 0.985. The summed E-state index contributed by atoms with van der Waals surface area (Å²) in [6.07, 6.45) is 7.36. The molecule has 1 fully saturated rings. The van der Waals surface area contributed by atoms with Gasteiger partial charge in [-0.05, 0) is 24.5 Å². The van der Waals surface area contributed by atoms with Crippen molar-refractivity contribution >= 4 is 11.8 Å². The van der Waals surface area contributed by atoms with Gasteiger partial charge in [-0.3, -0.25) is 0 Å². The van der Waals surface area contributed by atoms with E-state index in [1.54, 1.807) is 5.92 Å². The van der Waals surface area contributed by atoms with Crippen molar-refractivity contribution in [1.29, 1.82) is 0 Å². The van der Waals surface area contributed by atoms with Crippen LogP contribution < -0.4 is 0 Å². The molecule has 0 amide bonds. The molecule has 0 spiro atoms. The van der Waals surface area contributed by atoms with Crippen LogP contribution in [-0.2, 0) is 0 Å². The molecule has 0 unspecified atom stereocenters. The Bertz CT molecular complexity index is 93.0. The van der Waals surface area contributed by atoms with Crippen molar-refractivity contribution in [2.75, 3.05) is 5.75 Å². The summed E-state index contributed by atoms with van der Waals surface area (Å²) in [4.78, 5) is 0. The van der Waals surface area contributed by atoms with Crippen LogP contribution >= 0.6 is 11.8 Å². The second-order valence-corrected chi connectivity index (χ2v) is 5.07. The SMILES string of the molecule is C[C](C)CSC1CCCCC1. The van der Waals surface area contributed by atoms with Crippen LogP contribution in [0.4, 0.5) is 0 Å². The molecule has 0 bridgehead atoms. The van der Waals surface area contributed by atoms with Crippen molar-refractivity contribution in [3.05, 3.63) is 5.92 Å². The van der Waals surface area contributed by atoms with Gasteiger partial charge in [-0.2, -0.15) is 11.8 Å². The van der Waals surface area contributed by atoms with Crippen molar-refractivity contribution < 1.29 is 0 Å². The molecule has 1 saturated carbocycles. The van der Waals surface area contributed by atoms with Crippen molar-refractivity contribution in [3.8, 4) is 0 Å². The van der Waals surface area contributed by atoms with E-state index in [-0.39, 0.29) is 0 Å². The molecule has 11 heavy (non-hydrogen) atoms. The van der Waals surface area contributed by atoms with Crippen LogP contribution in [0, 0.1) is 5.92 Å². The predicted molar refractivity (Wildman–Crippen MR) is 53.9 cm³/mol. The molecule has 0 aromatic carbocycles. The highest BCUT2D eigenvalue weighted by molar-refractivity contribution is 8.00. The largest absolute Gasteiger partial charge is 0.158 e. The number of thioether (sulfide) groups is 1. The van der Waals surface area contributed by atoms with Crippen LogP contribution in [0.2, 0.25) is 0 Å². The second-order valence-electron chi connectivity index (χ2n) is 3.78. The summed E-state index contributed by atoms with van der Waals surface area (Å²) in [7, 11) is 0. The molecule has 0 aliphatic heterocycles. The molecule has 1 radical (unpaired) electrons. The lowest BCUT2D eigenvalue weighted by molar-refractivity contribution is 0.516. The lowest BCUT2D eigenvalue weighted by Crippen LogP contribution is -2.09. The number of hydrogen-bond donors (Lipinski definition) is 0. The lowest BCUT2D eigenvalue weighted by Gasteiger charge is -2.21. The Hall–Kier alpha value is 0.350. The molecule has 0 saturated heterocycles. The first-order valence-electron chi connectivity index (χ1n) is 4.69. The molecule has 1 aliphatic rings. The maximum atomic E-state index is 2.23. The van der Waals surface area contributed by atoms with Crippen LogP contribution in [0.5, 0.6) is 0 Å². The molecule has 0 N–H and O–H groups in total. The van der Waals surface area contributed by atoms with Crippen LogP contribution in [0.25, 0.3) is 0 Å². The third kappa shape index (κ3) is 4.05. The fraction of sp³-hybridized carbons (Fsp3) is 0.900. The van der Waals surface area contributed by atoms with Gasteiger partial charge in [0.1, 0.15) is 0 Å². The van der Waals surface area contributed by atoms with Gasteiger partial charge in [0, 0.05) is 5.25 Å². The van der Waals surface area contributed by atoms with Gasteiger partial charge in [-0.15, -0.1) is 0 Å². The summed E-state index contributed by atoms with van der Waals surface area (Å²) in [6.45, 7) is 4.46. The van der Waals surface area contributed by atoms with E-state index in [2.05, 4.69) is 25.6 Å². The van der Waals surface area contributed by atoms with Crippen molar-refractivity contribution in [2.24, 2.45) is 0 Å². The quantitative estimate of drug-likeness (QED) is 0.624. The zero-order valence-corrected chi connectivity index (χ0v) is 8.54. The van der Waals surface area contributed by atoms with E-state index in [4.69, 9.17) is 0 Å². The van der Waals surface area contributed by atoms with Crippen LogP contribution in [-0.4, -0.2) is 11.0 Å². The van der Waals surface area contributed by atoms with Gasteiger partial charge in [0.25, 0.3) is 0 Å². The standard InChI is InChI=1S/C10H19S/c1-9(2)8-11-10-6-4-3-5-7-10/h10H,3-8H2,1-2H3. The van der Waals surface area contributed by atoms with Crippen molar-refractivity contribution in [2.45, 2.75) is 51.2 Å². The van der Waals surface area contributed by atoms with E-state index in [0.29, 0.717) is 0 Å². The molecule has 1 aliphatic carbocycles. The van der Waals surface area contributed by atoms with E-state index in [1.165, 1.54) is 37.9 Å². The van der Waals surface area contributed by atoms with Crippen molar-refractivity contribution in [3.63, 3.8) is 0 Å². The third-order valence-electron chi connectivity index (χ3n) is 2.16. The fourth-order valence-electron chi connectivity index (χ4n) is 1.52. The molecular formula is C10H19S. The Balaban J connectivity index is 2.05. The average molecular weight is 171 g/mol. The summed E-state index contributed by atoms with van der Waals surface area (Å²) < 4.78 is 0. The Morgan fingerprint density at radius 3 is 2.36 bits per heavy atom. The van der Waals surface area contributed by atoms with Gasteiger partial charge in [0.2, 0.25) is 0 Å². The van der Waals surface area contributed by atoms with Gasteiger partial charge in [0.15, 0.2) is 0 Å². The Kier molecular flexibility index (Phi) is 4.36.